The first-order valence-electron chi connectivity index (χ1n) is 10.1. The highest BCUT2D eigenvalue weighted by molar-refractivity contribution is 8.00. The van der Waals surface area contributed by atoms with Gasteiger partial charge < -0.3 is 9.72 Å². The van der Waals surface area contributed by atoms with Gasteiger partial charge in [-0.25, -0.2) is 0 Å². The van der Waals surface area contributed by atoms with E-state index >= 15 is 0 Å². The zero-order valence-corrected chi connectivity index (χ0v) is 18.1. The van der Waals surface area contributed by atoms with E-state index in [0.717, 1.165) is 22.2 Å². The van der Waals surface area contributed by atoms with Crippen molar-refractivity contribution < 1.29 is 9.53 Å². The van der Waals surface area contributed by atoms with Crippen molar-refractivity contribution in [2.75, 3.05) is 7.11 Å². The van der Waals surface area contributed by atoms with E-state index in [1.807, 2.05) is 83.4 Å². The molecule has 0 radical (unpaired) electrons. The number of ketones is 1. The number of Topliss-reactive ketones (excluding diaryl/α,β-unsaturated/α-hetero) is 1. The van der Waals surface area contributed by atoms with Crippen molar-refractivity contribution in [3.8, 4) is 11.4 Å². The molecule has 3 aromatic carbocycles. The molecular weight excluding hydrogens is 420 g/mol. The second-order valence-corrected chi connectivity index (χ2v) is 8.25. The van der Waals surface area contributed by atoms with Crippen LogP contribution in [0.5, 0.6) is 5.75 Å². The molecule has 2 heterocycles. The van der Waals surface area contributed by atoms with Gasteiger partial charge in [0.15, 0.2) is 10.9 Å². The average molecular weight is 441 g/mol. The lowest BCUT2D eigenvalue weighted by Gasteiger charge is -2.17. The molecule has 158 valence electrons. The van der Waals surface area contributed by atoms with Gasteiger partial charge in [0.2, 0.25) is 0 Å². The highest BCUT2D eigenvalue weighted by atomic mass is 32.2. The third-order valence-electron chi connectivity index (χ3n) is 5.28. The third-order valence-corrected chi connectivity index (χ3v) is 6.49. The minimum atomic E-state index is -0.493. The van der Waals surface area contributed by atoms with Crippen LogP contribution in [0.25, 0.3) is 16.6 Å². The van der Waals surface area contributed by atoms with Crippen LogP contribution in [0.1, 0.15) is 21.2 Å². The third kappa shape index (κ3) is 3.67. The summed E-state index contributed by atoms with van der Waals surface area (Å²) in [4.78, 5) is 17.0. The number of hydrogen-bond acceptors (Lipinski definition) is 5. The van der Waals surface area contributed by atoms with Crippen LogP contribution in [0.15, 0.2) is 96.5 Å². The van der Waals surface area contributed by atoms with Crippen molar-refractivity contribution in [2.24, 2.45) is 0 Å². The molecule has 1 atom stereocenters. The number of thioether (sulfide) groups is 1. The van der Waals surface area contributed by atoms with E-state index in [1.54, 1.807) is 19.6 Å². The minimum Gasteiger partial charge on any atom is -0.495 e. The molecule has 0 aliphatic rings. The first-order valence-corrected chi connectivity index (χ1v) is 11.0. The zero-order chi connectivity index (χ0) is 21.9. The lowest BCUT2D eigenvalue weighted by Crippen LogP contribution is -2.11. The molecule has 0 amide bonds. The Balaban J connectivity index is 1.57. The summed E-state index contributed by atoms with van der Waals surface area (Å²) < 4.78 is 7.36. The molecule has 0 unspecified atom stereocenters. The topological polar surface area (TPSA) is 72.8 Å². The van der Waals surface area contributed by atoms with E-state index in [9.17, 15) is 4.79 Å². The van der Waals surface area contributed by atoms with Crippen LogP contribution in [-0.4, -0.2) is 32.6 Å². The molecule has 5 rings (SSSR count). The van der Waals surface area contributed by atoms with E-state index in [-0.39, 0.29) is 5.78 Å². The van der Waals surface area contributed by atoms with Crippen LogP contribution in [-0.2, 0) is 0 Å². The Labute approximate surface area is 189 Å². The SMILES string of the molecule is COc1ccccc1-n1cnnc1S[C@@H](C(=O)c1c[nH]c2ccccc12)c1ccccc1. The van der Waals surface area contributed by atoms with Gasteiger partial charge in [0.25, 0.3) is 0 Å². The number of aromatic nitrogens is 4. The second kappa shape index (κ2) is 8.72. The van der Waals surface area contributed by atoms with Gasteiger partial charge in [0.05, 0.1) is 12.8 Å². The number of methoxy groups -OCH3 is 1. The molecule has 0 spiro atoms. The Hall–Kier alpha value is -3.84. The number of nitrogens with zero attached hydrogens (tertiary/aromatic N) is 3. The molecular formula is C25H20N4O2S. The van der Waals surface area contributed by atoms with Gasteiger partial charge in [-0.1, -0.05) is 72.4 Å². The lowest BCUT2D eigenvalue weighted by atomic mass is 10.0. The normalized spacial score (nSPS) is 12.0. The Kier molecular flexibility index (Phi) is 5.47. The fourth-order valence-corrected chi connectivity index (χ4v) is 4.81. The Morgan fingerprint density at radius 1 is 1.00 bits per heavy atom. The molecule has 7 heteroatoms. The standard InChI is InChI=1S/C25H20N4O2S/c1-31-22-14-8-7-13-21(22)29-16-27-28-25(29)32-24(17-9-3-2-4-10-17)23(30)19-15-26-20-12-6-5-11-18(19)20/h2-16,24,26H,1H3/t24-/m1/s1. The Bertz CT molecular complexity index is 1380. The predicted molar refractivity (Wildman–Crippen MR) is 126 cm³/mol. The molecule has 0 aliphatic heterocycles. The molecule has 0 saturated heterocycles. The van der Waals surface area contributed by atoms with Crippen LogP contribution in [0.3, 0.4) is 0 Å². The summed E-state index contributed by atoms with van der Waals surface area (Å²) in [6, 6.07) is 25.2. The number of benzene rings is 3. The number of carbonyl (C=O) groups excluding carboxylic acids is 1. The highest BCUT2D eigenvalue weighted by Gasteiger charge is 2.28. The fraction of sp³-hybridized carbons (Fsp3) is 0.0800. The monoisotopic (exact) mass is 440 g/mol. The van der Waals surface area contributed by atoms with Gasteiger partial charge in [-0.05, 0) is 23.8 Å². The van der Waals surface area contributed by atoms with Crippen molar-refractivity contribution in [1.82, 2.24) is 19.7 Å². The fourth-order valence-electron chi connectivity index (χ4n) is 3.72. The van der Waals surface area contributed by atoms with E-state index in [1.165, 1.54) is 11.8 Å². The number of fused-ring (bicyclic) bond motifs is 1. The first-order chi connectivity index (χ1) is 15.8. The van der Waals surface area contributed by atoms with E-state index in [4.69, 9.17) is 4.74 Å². The molecule has 2 aromatic heterocycles. The maximum Gasteiger partial charge on any atom is 0.196 e. The number of nitrogens with one attached hydrogen (secondary N) is 1. The maximum atomic E-state index is 13.8. The van der Waals surface area contributed by atoms with Crippen LogP contribution in [0, 0.1) is 0 Å². The second-order valence-electron chi connectivity index (χ2n) is 7.18. The number of ether oxygens (including phenoxy) is 1. The summed E-state index contributed by atoms with van der Waals surface area (Å²) >= 11 is 1.37. The van der Waals surface area contributed by atoms with Crippen molar-refractivity contribution in [3.05, 3.63) is 103 Å². The summed E-state index contributed by atoms with van der Waals surface area (Å²) in [6.45, 7) is 0. The van der Waals surface area contributed by atoms with Crippen LogP contribution < -0.4 is 4.74 Å². The summed E-state index contributed by atoms with van der Waals surface area (Å²) in [5, 5.41) is 9.45. The summed E-state index contributed by atoms with van der Waals surface area (Å²) in [5.74, 6) is 0.710. The van der Waals surface area contributed by atoms with Crippen LogP contribution >= 0.6 is 11.8 Å². The molecule has 0 saturated carbocycles. The number of H-pyrrole nitrogens is 1. The van der Waals surface area contributed by atoms with E-state index in [0.29, 0.717) is 16.5 Å². The summed E-state index contributed by atoms with van der Waals surface area (Å²) in [5.41, 5.74) is 3.31. The largest absolute Gasteiger partial charge is 0.495 e. The zero-order valence-electron chi connectivity index (χ0n) is 17.3. The molecule has 1 N–H and O–H groups in total. The maximum absolute atomic E-state index is 13.8. The molecule has 6 nitrogen and oxygen atoms in total. The first kappa shape index (κ1) is 20.1. The number of rotatable bonds is 7. The average Bonchev–Trinajstić information content (AvgIpc) is 3.49. The van der Waals surface area contributed by atoms with Crippen molar-refractivity contribution >= 4 is 28.4 Å². The van der Waals surface area contributed by atoms with Crippen molar-refractivity contribution in [1.29, 1.82) is 0 Å². The molecule has 0 aliphatic carbocycles. The Morgan fingerprint density at radius 2 is 1.75 bits per heavy atom. The van der Waals surface area contributed by atoms with Crippen LogP contribution in [0.4, 0.5) is 0 Å². The van der Waals surface area contributed by atoms with Gasteiger partial charge in [0.1, 0.15) is 17.3 Å². The van der Waals surface area contributed by atoms with Gasteiger partial charge in [-0.3, -0.25) is 9.36 Å². The Morgan fingerprint density at radius 3 is 2.59 bits per heavy atom. The molecule has 5 aromatic rings. The highest BCUT2D eigenvalue weighted by Crippen LogP contribution is 2.39. The quantitative estimate of drug-likeness (QED) is 0.268. The number of carbonyl (C=O) groups is 1. The smallest absolute Gasteiger partial charge is 0.196 e. The van der Waals surface area contributed by atoms with Gasteiger partial charge in [-0.2, -0.15) is 0 Å². The molecule has 32 heavy (non-hydrogen) atoms. The van der Waals surface area contributed by atoms with Gasteiger partial charge >= 0.3 is 0 Å². The van der Waals surface area contributed by atoms with E-state index < -0.39 is 5.25 Å². The summed E-state index contributed by atoms with van der Waals surface area (Å²) in [7, 11) is 1.63. The molecule has 0 bridgehead atoms. The number of para-hydroxylation sites is 3. The number of aromatic amines is 1. The predicted octanol–water partition coefficient (Wildman–Crippen LogP) is 5.47. The summed E-state index contributed by atoms with van der Waals surface area (Å²) in [6.07, 6.45) is 3.42. The van der Waals surface area contributed by atoms with Gasteiger partial charge in [0, 0.05) is 22.7 Å². The van der Waals surface area contributed by atoms with Crippen molar-refractivity contribution in [2.45, 2.75) is 10.4 Å². The minimum absolute atomic E-state index is 0.00762. The van der Waals surface area contributed by atoms with Gasteiger partial charge in [-0.15, -0.1) is 10.2 Å². The van der Waals surface area contributed by atoms with Crippen LogP contribution in [0.2, 0.25) is 0 Å². The molecule has 0 fully saturated rings. The van der Waals surface area contributed by atoms with Crippen molar-refractivity contribution in [3.63, 3.8) is 0 Å². The lowest BCUT2D eigenvalue weighted by molar-refractivity contribution is 0.0991. The van der Waals surface area contributed by atoms with E-state index in [2.05, 4.69) is 15.2 Å². The number of hydrogen-bond donors (Lipinski definition) is 1.